The van der Waals surface area contributed by atoms with Crippen LogP contribution in [0.4, 0.5) is 6.01 Å². The van der Waals surface area contributed by atoms with Gasteiger partial charge < -0.3 is 10.2 Å². The topological polar surface area (TPSA) is 64.9 Å². The van der Waals surface area contributed by atoms with Crippen LogP contribution in [0.1, 0.15) is 17.0 Å². The van der Waals surface area contributed by atoms with E-state index in [9.17, 15) is 0 Å². The van der Waals surface area contributed by atoms with Gasteiger partial charge in [0.15, 0.2) is 0 Å². The predicted octanol–water partition coefficient (Wildman–Crippen LogP) is 1.75. The molecular weight excluding hydrogens is 190 g/mol. The summed E-state index contributed by atoms with van der Waals surface area (Å²) in [6, 6.07) is 4.24. The van der Waals surface area contributed by atoms with Gasteiger partial charge in [0.25, 0.3) is 6.01 Å². The lowest BCUT2D eigenvalue weighted by atomic mass is 10.1. The summed E-state index contributed by atoms with van der Waals surface area (Å²) in [6.45, 7) is 1.88. The molecule has 0 aliphatic heterocycles. The molecule has 2 aromatic rings. The Morgan fingerprint density at radius 2 is 2.00 bits per heavy atom. The standard InChI is InChI=1S/C11H13N3O/c1-8-10(14-11(12)15-8)3-2-9-4-6-13-7-5-9/h4-7H,2-3H2,1H3,(H2,12,14). The largest absolute Gasteiger partial charge is 0.429 e. The Bertz CT molecular complexity index is 436. The molecule has 0 radical (unpaired) electrons. The summed E-state index contributed by atoms with van der Waals surface area (Å²) in [5, 5.41) is 0. The Balaban J connectivity index is 2.02. The Morgan fingerprint density at radius 3 is 2.60 bits per heavy atom. The smallest absolute Gasteiger partial charge is 0.292 e. The van der Waals surface area contributed by atoms with Crippen molar-refractivity contribution in [3.63, 3.8) is 0 Å². The van der Waals surface area contributed by atoms with Crippen molar-refractivity contribution >= 4 is 6.01 Å². The fourth-order valence-electron chi connectivity index (χ4n) is 1.49. The van der Waals surface area contributed by atoms with Crippen molar-refractivity contribution in [3.05, 3.63) is 41.5 Å². The van der Waals surface area contributed by atoms with Gasteiger partial charge in [0.1, 0.15) is 5.76 Å². The molecule has 0 bridgehead atoms. The van der Waals surface area contributed by atoms with Crippen molar-refractivity contribution < 1.29 is 4.42 Å². The normalized spacial score (nSPS) is 10.5. The van der Waals surface area contributed by atoms with Gasteiger partial charge in [-0.3, -0.25) is 4.98 Å². The van der Waals surface area contributed by atoms with Crippen molar-refractivity contribution in [2.75, 3.05) is 5.73 Å². The van der Waals surface area contributed by atoms with Crippen LogP contribution in [0.15, 0.2) is 28.9 Å². The van der Waals surface area contributed by atoms with E-state index >= 15 is 0 Å². The van der Waals surface area contributed by atoms with Crippen LogP contribution in [0.2, 0.25) is 0 Å². The van der Waals surface area contributed by atoms with E-state index in [0.29, 0.717) is 0 Å². The molecule has 0 saturated heterocycles. The van der Waals surface area contributed by atoms with Crippen LogP contribution in [-0.4, -0.2) is 9.97 Å². The van der Waals surface area contributed by atoms with Gasteiger partial charge in [0, 0.05) is 12.4 Å². The van der Waals surface area contributed by atoms with Crippen LogP contribution >= 0.6 is 0 Å². The number of hydrogen-bond donors (Lipinski definition) is 1. The number of anilines is 1. The van der Waals surface area contributed by atoms with Gasteiger partial charge >= 0.3 is 0 Å². The number of pyridine rings is 1. The first-order chi connectivity index (χ1) is 7.25. The van der Waals surface area contributed by atoms with Gasteiger partial charge in [0.05, 0.1) is 5.69 Å². The molecule has 0 aromatic carbocycles. The first-order valence-corrected chi connectivity index (χ1v) is 4.86. The average molecular weight is 203 g/mol. The van der Waals surface area contributed by atoms with Gasteiger partial charge in [-0.05, 0) is 37.5 Å². The van der Waals surface area contributed by atoms with Gasteiger partial charge in [0.2, 0.25) is 0 Å². The van der Waals surface area contributed by atoms with E-state index in [1.54, 1.807) is 12.4 Å². The maximum absolute atomic E-state index is 5.46. The van der Waals surface area contributed by atoms with Gasteiger partial charge in [-0.2, -0.15) is 4.98 Å². The number of hydrogen-bond acceptors (Lipinski definition) is 4. The molecule has 0 amide bonds. The van der Waals surface area contributed by atoms with E-state index in [-0.39, 0.29) is 6.01 Å². The summed E-state index contributed by atoms with van der Waals surface area (Å²) in [7, 11) is 0. The predicted molar refractivity (Wildman–Crippen MR) is 57.3 cm³/mol. The molecule has 0 fully saturated rings. The number of aromatic nitrogens is 2. The molecule has 78 valence electrons. The zero-order valence-electron chi connectivity index (χ0n) is 8.60. The summed E-state index contributed by atoms with van der Waals surface area (Å²) in [5.74, 6) is 0.807. The third kappa shape index (κ3) is 2.34. The summed E-state index contributed by atoms with van der Waals surface area (Å²) in [4.78, 5) is 8.09. The molecular formula is C11H13N3O. The number of nitrogens with two attached hydrogens (primary N) is 1. The lowest BCUT2D eigenvalue weighted by Crippen LogP contribution is -1.94. The molecule has 15 heavy (non-hydrogen) atoms. The SMILES string of the molecule is Cc1oc(N)nc1CCc1ccncc1. The van der Waals surface area contributed by atoms with E-state index in [1.807, 2.05) is 19.1 Å². The number of nitrogens with zero attached hydrogens (tertiary/aromatic N) is 2. The van der Waals surface area contributed by atoms with Crippen LogP contribution in [0.5, 0.6) is 0 Å². The molecule has 0 aliphatic rings. The number of nitrogen functional groups attached to an aromatic ring is 1. The first kappa shape index (κ1) is 9.71. The summed E-state index contributed by atoms with van der Waals surface area (Å²) >= 11 is 0. The lowest BCUT2D eigenvalue weighted by Gasteiger charge is -1.98. The molecule has 4 heteroatoms. The van der Waals surface area contributed by atoms with Crippen LogP contribution in [0, 0.1) is 6.92 Å². The van der Waals surface area contributed by atoms with Crippen LogP contribution < -0.4 is 5.73 Å². The van der Waals surface area contributed by atoms with E-state index in [4.69, 9.17) is 10.2 Å². The fraction of sp³-hybridized carbons (Fsp3) is 0.273. The highest BCUT2D eigenvalue weighted by molar-refractivity contribution is 5.21. The van der Waals surface area contributed by atoms with Gasteiger partial charge in [-0.1, -0.05) is 0 Å². The van der Waals surface area contributed by atoms with E-state index < -0.39 is 0 Å². The monoisotopic (exact) mass is 203 g/mol. The highest BCUT2D eigenvalue weighted by Crippen LogP contribution is 2.13. The zero-order valence-corrected chi connectivity index (χ0v) is 8.60. The highest BCUT2D eigenvalue weighted by Gasteiger charge is 2.06. The third-order valence-corrected chi connectivity index (χ3v) is 2.31. The first-order valence-electron chi connectivity index (χ1n) is 4.86. The minimum atomic E-state index is 0.247. The minimum Gasteiger partial charge on any atom is -0.429 e. The molecule has 0 unspecified atom stereocenters. The second-order valence-electron chi connectivity index (χ2n) is 3.41. The van der Waals surface area contributed by atoms with Crippen LogP contribution in [0.3, 0.4) is 0 Å². The summed E-state index contributed by atoms with van der Waals surface area (Å²) < 4.78 is 5.16. The molecule has 0 atom stereocenters. The third-order valence-electron chi connectivity index (χ3n) is 2.31. The second kappa shape index (κ2) is 4.13. The maximum atomic E-state index is 5.46. The summed E-state index contributed by atoms with van der Waals surface area (Å²) in [6.07, 6.45) is 5.35. The number of rotatable bonds is 3. The summed E-state index contributed by atoms with van der Waals surface area (Å²) in [5.41, 5.74) is 7.64. The van der Waals surface area contributed by atoms with Crippen molar-refractivity contribution in [2.24, 2.45) is 0 Å². The molecule has 2 N–H and O–H groups in total. The fourth-order valence-corrected chi connectivity index (χ4v) is 1.49. The van der Waals surface area contributed by atoms with E-state index in [2.05, 4.69) is 9.97 Å². The molecule has 2 rings (SSSR count). The van der Waals surface area contributed by atoms with E-state index in [0.717, 1.165) is 24.3 Å². The molecule has 0 spiro atoms. The molecule has 0 saturated carbocycles. The van der Waals surface area contributed by atoms with Crippen LogP contribution in [0.25, 0.3) is 0 Å². The van der Waals surface area contributed by atoms with Crippen molar-refractivity contribution in [1.29, 1.82) is 0 Å². The van der Waals surface area contributed by atoms with Gasteiger partial charge in [-0.15, -0.1) is 0 Å². The van der Waals surface area contributed by atoms with Crippen LogP contribution in [-0.2, 0) is 12.8 Å². The Kier molecular flexibility index (Phi) is 2.67. The minimum absolute atomic E-state index is 0.247. The lowest BCUT2D eigenvalue weighted by molar-refractivity contribution is 0.544. The second-order valence-corrected chi connectivity index (χ2v) is 3.41. The van der Waals surface area contributed by atoms with E-state index in [1.165, 1.54) is 5.56 Å². The quantitative estimate of drug-likeness (QED) is 0.825. The highest BCUT2D eigenvalue weighted by atomic mass is 16.4. The van der Waals surface area contributed by atoms with Crippen molar-refractivity contribution in [3.8, 4) is 0 Å². The Hall–Kier alpha value is -1.84. The maximum Gasteiger partial charge on any atom is 0.292 e. The average Bonchev–Trinajstić information content (AvgIpc) is 2.56. The Morgan fingerprint density at radius 1 is 1.27 bits per heavy atom. The molecule has 4 nitrogen and oxygen atoms in total. The number of aryl methyl sites for hydroxylation is 3. The van der Waals surface area contributed by atoms with Gasteiger partial charge in [-0.25, -0.2) is 0 Å². The molecule has 2 aromatic heterocycles. The molecule has 2 heterocycles. The van der Waals surface area contributed by atoms with Crippen molar-refractivity contribution in [1.82, 2.24) is 9.97 Å². The van der Waals surface area contributed by atoms with Crippen molar-refractivity contribution in [2.45, 2.75) is 19.8 Å². The number of oxazole rings is 1. The zero-order chi connectivity index (χ0) is 10.7. The Labute approximate surface area is 88.2 Å². The molecule has 0 aliphatic carbocycles.